The number of rotatable bonds is 6. The van der Waals surface area contributed by atoms with E-state index in [1.807, 2.05) is 92.8 Å². The van der Waals surface area contributed by atoms with Crippen molar-refractivity contribution >= 4 is 28.3 Å². The zero-order chi connectivity index (χ0) is 31.8. The monoisotopic (exact) mass is 594 g/mol. The Morgan fingerprint density at radius 2 is 1.49 bits per heavy atom. The van der Waals surface area contributed by atoms with Crippen molar-refractivity contribution in [3.8, 4) is 16.8 Å². The zero-order valence-corrected chi connectivity index (χ0v) is 26.3. The number of nitrogens with one attached hydrogen (secondary N) is 2. The van der Waals surface area contributed by atoms with E-state index in [0.29, 0.717) is 11.5 Å². The number of anilines is 2. The number of aryl methyl sites for hydroxylation is 1. The van der Waals surface area contributed by atoms with Gasteiger partial charge in [-0.05, 0) is 65.8 Å². The third-order valence-electron chi connectivity index (χ3n) is 8.23. The van der Waals surface area contributed by atoms with Gasteiger partial charge in [-0.1, -0.05) is 99.1 Å². The van der Waals surface area contributed by atoms with Crippen LogP contribution >= 0.6 is 0 Å². The molecule has 4 aromatic carbocycles. The molecule has 2 amide bonds. The standard InChI is InChI=1S/C38H38N6O/c1-25-12-18-29(19-13-25)44-35(23-34(43-44)37(2,3)4)42-36(45)41-33-21-20-30(31-10-6-7-11-32(31)33)26-14-16-27(17-15-26)38(5,39)28-9-8-22-40-24-28/h6-24H,39H2,1-5H3,(H2,41,42,45). The van der Waals surface area contributed by atoms with Crippen LogP contribution in [0.2, 0.25) is 0 Å². The highest BCUT2D eigenvalue weighted by Crippen LogP contribution is 2.35. The number of carbonyl (C=O) groups excluding carboxylic acids is 1. The Labute approximate surface area is 264 Å². The molecule has 7 heteroatoms. The zero-order valence-electron chi connectivity index (χ0n) is 26.3. The fraction of sp³-hybridized carbons (Fsp3) is 0.184. The number of carbonyl (C=O) groups is 1. The summed E-state index contributed by atoms with van der Waals surface area (Å²) in [5, 5.41) is 12.9. The lowest BCUT2D eigenvalue weighted by atomic mass is 9.85. The van der Waals surface area contributed by atoms with Gasteiger partial charge in [-0.3, -0.25) is 10.3 Å². The Bertz CT molecular complexity index is 1970. The fourth-order valence-electron chi connectivity index (χ4n) is 5.48. The van der Waals surface area contributed by atoms with Crippen LogP contribution in [0.25, 0.3) is 27.6 Å². The topological polar surface area (TPSA) is 97.9 Å². The van der Waals surface area contributed by atoms with Crippen LogP contribution in [-0.4, -0.2) is 20.8 Å². The molecular weight excluding hydrogens is 556 g/mol. The van der Waals surface area contributed by atoms with Crippen molar-refractivity contribution in [1.29, 1.82) is 0 Å². The number of amides is 2. The Hall–Kier alpha value is -5.27. The first-order valence-electron chi connectivity index (χ1n) is 15.1. The lowest BCUT2D eigenvalue weighted by molar-refractivity contribution is 0.262. The van der Waals surface area contributed by atoms with Crippen molar-refractivity contribution in [3.05, 3.63) is 138 Å². The molecule has 0 aliphatic heterocycles. The third-order valence-corrected chi connectivity index (χ3v) is 8.23. The molecule has 0 aliphatic rings. The van der Waals surface area contributed by atoms with Gasteiger partial charge in [0.1, 0.15) is 5.82 Å². The molecule has 1 atom stereocenters. The number of nitrogens with two attached hydrogens (primary N) is 1. The number of hydrogen-bond acceptors (Lipinski definition) is 4. The minimum absolute atomic E-state index is 0.186. The fourth-order valence-corrected chi connectivity index (χ4v) is 5.48. The number of nitrogens with zero attached hydrogens (tertiary/aromatic N) is 3. The van der Waals surface area contributed by atoms with Crippen molar-refractivity contribution in [2.45, 2.75) is 45.6 Å². The average molecular weight is 595 g/mol. The molecule has 0 saturated carbocycles. The number of fused-ring (bicyclic) bond motifs is 1. The summed E-state index contributed by atoms with van der Waals surface area (Å²) in [7, 11) is 0. The molecule has 226 valence electrons. The molecule has 1 unspecified atom stereocenters. The Balaban J connectivity index is 1.28. The van der Waals surface area contributed by atoms with Gasteiger partial charge in [0.15, 0.2) is 0 Å². The lowest BCUT2D eigenvalue weighted by Gasteiger charge is -2.25. The van der Waals surface area contributed by atoms with Gasteiger partial charge >= 0.3 is 6.03 Å². The minimum Gasteiger partial charge on any atom is -0.318 e. The lowest BCUT2D eigenvalue weighted by Crippen LogP contribution is -2.34. The van der Waals surface area contributed by atoms with Crippen LogP contribution in [0.5, 0.6) is 0 Å². The summed E-state index contributed by atoms with van der Waals surface area (Å²) in [5.41, 5.74) is 13.6. The molecule has 0 saturated heterocycles. The first-order valence-corrected chi connectivity index (χ1v) is 15.1. The molecule has 0 radical (unpaired) electrons. The molecule has 2 heterocycles. The molecule has 0 bridgehead atoms. The predicted molar refractivity (Wildman–Crippen MR) is 184 cm³/mol. The molecule has 0 aliphatic carbocycles. The second kappa shape index (κ2) is 11.7. The maximum Gasteiger partial charge on any atom is 0.324 e. The summed E-state index contributed by atoms with van der Waals surface area (Å²) in [6.45, 7) is 10.4. The highest BCUT2D eigenvalue weighted by Gasteiger charge is 2.24. The smallest absolute Gasteiger partial charge is 0.318 e. The van der Waals surface area contributed by atoms with E-state index < -0.39 is 5.54 Å². The largest absolute Gasteiger partial charge is 0.324 e. The molecule has 0 fully saturated rings. The molecule has 0 spiro atoms. The van der Waals surface area contributed by atoms with Crippen LogP contribution in [-0.2, 0) is 11.0 Å². The third kappa shape index (κ3) is 6.08. The van der Waals surface area contributed by atoms with E-state index in [2.05, 4.69) is 66.7 Å². The van der Waals surface area contributed by atoms with Gasteiger partial charge in [0.25, 0.3) is 0 Å². The number of hydrogen-bond donors (Lipinski definition) is 3. The summed E-state index contributed by atoms with van der Waals surface area (Å²) in [4.78, 5) is 17.7. The van der Waals surface area contributed by atoms with Crippen molar-refractivity contribution in [1.82, 2.24) is 14.8 Å². The van der Waals surface area contributed by atoms with E-state index in [4.69, 9.17) is 10.8 Å². The van der Waals surface area contributed by atoms with E-state index in [-0.39, 0.29) is 11.4 Å². The van der Waals surface area contributed by atoms with Crippen LogP contribution < -0.4 is 16.4 Å². The average Bonchev–Trinajstić information content (AvgIpc) is 3.46. The van der Waals surface area contributed by atoms with E-state index in [0.717, 1.165) is 50.0 Å². The molecule has 4 N–H and O–H groups in total. The maximum atomic E-state index is 13.4. The first-order chi connectivity index (χ1) is 21.5. The summed E-state index contributed by atoms with van der Waals surface area (Å²) in [5.74, 6) is 0.598. The number of benzene rings is 4. The number of urea groups is 1. The van der Waals surface area contributed by atoms with Crippen LogP contribution in [0.15, 0.2) is 116 Å². The summed E-state index contributed by atoms with van der Waals surface area (Å²) in [6.07, 6.45) is 3.56. The van der Waals surface area contributed by atoms with Crippen molar-refractivity contribution in [3.63, 3.8) is 0 Å². The van der Waals surface area contributed by atoms with Crippen molar-refractivity contribution in [2.75, 3.05) is 10.6 Å². The number of pyridine rings is 1. The quantitative estimate of drug-likeness (QED) is 0.180. The van der Waals surface area contributed by atoms with Gasteiger partial charge in [-0.15, -0.1) is 0 Å². The van der Waals surface area contributed by atoms with Gasteiger partial charge in [-0.2, -0.15) is 5.10 Å². The number of aromatic nitrogens is 3. The summed E-state index contributed by atoms with van der Waals surface area (Å²) < 4.78 is 1.78. The van der Waals surface area contributed by atoms with Crippen LogP contribution in [0.1, 0.15) is 50.1 Å². The van der Waals surface area contributed by atoms with Gasteiger partial charge in [0.2, 0.25) is 0 Å². The predicted octanol–water partition coefficient (Wildman–Crippen LogP) is 8.56. The Kier molecular flexibility index (Phi) is 7.73. The maximum absolute atomic E-state index is 13.4. The van der Waals surface area contributed by atoms with Crippen LogP contribution in [0.3, 0.4) is 0 Å². The molecule has 2 aromatic heterocycles. The molecule has 7 nitrogen and oxygen atoms in total. The second-order valence-corrected chi connectivity index (χ2v) is 12.7. The first kappa shape index (κ1) is 29.8. The van der Waals surface area contributed by atoms with E-state index in [1.165, 1.54) is 0 Å². The summed E-state index contributed by atoms with van der Waals surface area (Å²) in [6, 6.07) is 34.0. The Morgan fingerprint density at radius 3 is 2.16 bits per heavy atom. The van der Waals surface area contributed by atoms with Gasteiger partial charge in [-0.25, -0.2) is 9.48 Å². The molecule has 6 aromatic rings. The molecule has 45 heavy (non-hydrogen) atoms. The van der Waals surface area contributed by atoms with Crippen molar-refractivity contribution < 1.29 is 4.79 Å². The molecule has 6 rings (SSSR count). The normalized spacial score (nSPS) is 12.9. The van der Waals surface area contributed by atoms with Crippen molar-refractivity contribution in [2.24, 2.45) is 5.73 Å². The van der Waals surface area contributed by atoms with E-state index >= 15 is 0 Å². The summed E-state index contributed by atoms with van der Waals surface area (Å²) >= 11 is 0. The van der Waals surface area contributed by atoms with Crippen LogP contribution in [0, 0.1) is 6.92 Å². The van der Waals surface area contributed by atoms with Crippen LogP contribution in [0.4, 0.5) is 16.3 Å². The highest BCUT2D eigenvalue weighted by molar-refractivity contribution is 6.09. The molecular formula is C38H38N6O. The van der Waals surface area contributed by atoms with Gasteiger partial charge in [0, 0.05) is 29.3 Å². The Morgan fingerprint density at radius 1 is 0.778 bits per heavy atom. The second-order valence-electron chi connectivity index (χ2n) is 12.7. The van der Waals surface area contributed by atoms with E-state index in [9.17, 15) is 4.79 Å². The van der Waals surface area contributed by atoms with Gasteiger partial charge in [0.05, 0.1) is 22.6 Å². The highest BCUT2D eigenvalue weighted by atomic mass is 16.2. The van der Waals surface area contributed by atoms with E-state index in [1.54, 1.807) is 10.9 Å². The minimum atomic E-state index is -0.668. The SMILES string of the molecule is Cc1ccc(-n2nc(C(C)(C)C)cc2NC(=O)Nc2ccc(-c3ccc(C(C)(N)c4cccnc4)cc3)c3ccccc23)cc1. The van der Waals surface area contributed by atoms with Gasteiger partial charge < -0.3 is 11.1 Å².